The molecular weight excluding hydrogens is 152 g/mol. The lowest BCUT2D eigenvalue weighted by atomic mass is 10.1. The Kier molecular flexibility index (Phi) is 2.78. The van der Waals surface area contributed by atoms with Crippen LogP contribution in [-0.2, 0) is 11.4 Å². The first-order chi connectivity index (χ1) is 5.65. The van der Waals surface area contributed by atoms with Crippen molar-refractivity contribution in [1.29, 1.82) is 0 Å². The van der Waals surface area contributed by atoms with Crippen LogP contribution in [0.4, 0.5) is 0 Å². The summed E-state index contributed by atoms with van der Waals surface area (Å²) in [6.45, 7) is 6.41. The van der Waals surface area contributed by atoms with E-state index in [1.54, 1.807) is 0 Å². The molecule has 0 saturated carbocycles. The quantitative estimate of drug-likeness (QED) is 0.675. The van der Waals surface area contributed by atoms with E-state index >= 15 is 0 Å². The van der Waals surface area contributed by atoms with Crippen molar-refractivity contribution < 1.29 is 4.84 Å². The molecule has 0 amide bonds. The Bertz CT molecular complexity index is 284. The summed E-state index contributed by atoms with van der Waals surface area (Å²) in [5.41, 5.74) is 4.28. The Balaban J connectivity index is 3.05. The Labute approximate surface area is 72.5 Å². The highest BCUT2D eigenvalue weighted by molar-refractivity contribution is 5.27. The normalized spacial score (nSPS) is 10.3. The largest absolute Gasteiger partial charge is 0.300 e. The van der Waals surface area contributed by atoms with Crippen LogP contribution in [0, 0.1) is 20.8 Å². The fourth-order valence-corrected chi connectivity index (χ4v) is 1.12. The lowest BCUT2D eigenvalue weighted by Crippen LogP contribution is -2.03. The van der Waals surface area contributed by atoms with Gasteiger partial charge in [-0.1, -0.05) is 6.07 Å². The molecule has 0 aliphatic rings. The standard InChI is InChI=1S/C9H14N2O/c1-6-4-9(5-12-10)8(3)11-7(6)2/h4H,5,10H2,1-3H3. The van der Waals surface area contributed by atoms with Crippen molar-refractivity contribution in [2.24, 2.45) is 5.90 Å². The Morgan fingerprint density at radius 3 is 2.58 bits per heavy atom. The number of hydrogen-bond acceptors (Lipinski definition) is 3. The van der Waals surface area contributed by atoms with Crippen LogP contribution in [0.2, 0.25) is 0 Å². The zero-order valence-corrected chi connectivity index (χ0v) is 7.72. The smallest absolute Gasteiger partial charge is 0.0947 e. The summed E-state index contributed by atoms with van der Waals surface area (Å²) in [6.07, 6.45) is 0. The van der Waals surface area contributed by atoms with E-state index in [2.05, 4.69) is 15.9 Å². The van der Waals surface area contributed by atoms with Gasteiger partial charge >= 0.3 is 0 Å². The molecular formula is C9H14N2O. The third-order valence-corrected chi connectivity index (χ3v) is 2.00. The molecule has 0 bridgehead atoms. The van der Waals surface area contributed by atoms with Crippen LogP contribution in [-0.4, -0.2) is 4.98 Å². The van der Waals surface area contributed by atoms with Crippen LogP contribution in [0.3, 0.4) is 0 Å². The molecule has 2 N–H and O–H groups in total. The molecule has 0 aliphatic carbocycles. The van der Waals surface area contributed by atoms with E-state index in [4.69, 9.17) is 5.90 Å². The highest BCUT2D eigenvalue weighted by Crippen LogP contribution is 2.11. The molecule has 1 aromatic rings. The molecule has 1 aromatic heterocycles. The average molecular weight is 166 g/mol. The van der Waals surface area contributed by atoms with E-state index in [1.165, 1.54) is 5.56 Å². The molecule has 0 saturated heterocycles. The molecule has 0 fully saturated rings. The summed E-state index contributed by atoms with van der Waals surface area (Å²) in [5, 5.41) is 0. The van der Waals surface area contributed by atoms with Crippen molar-refractivity contribution in [2.75, 3.05) is 0 Å². The number of hydrogen-bond donors (Lipinski definition) is 1. The van der Waals surface area contributed by atoms with Crippen molar-refractivity contribution in [2.45, 2.75) is 27.4 Å². The van der Waals surface area contributed by atoms with Gasteiger partial charge in [0, 0.05) is 17.0 Å². The predicted octanol–water partition coefficient (Wildman–Crippen LogP) is 1.40. The van der Waals surface area contributed by atoms with E-state index in [0.717, 1.165) is 17.0 Å². The second-order valence-corrected chi connectivity index (χ2v) is 2.95. The number of rotatable bonds is 2. The predicted molar refractivity (Wildman–Crippen MR) is 47.4 cm³/mol. The number of nitrogens with two attached hydrogens (primary N) is 1. The molecule has 3 nitrogen and oxygen atoms in total. The Hall–Kier alpha value is -0.930. The third kappa shape index (κ3) is 1.81. The number of aryl methyl sites for hydroxylation is 3. The second kappa shape index (κ2) is 3.65. The molecule has 0 radical (unpaired) electrons. The number of aromatic nitrogens is 1. The van der Waals surface area contributed by atoms with Crippen LogP contribution in [0.25, 0.3) is 0 Å². The van der Waals surface area contributed by atoms with Crippen LogP contribution in [0.1, 0.15) is 22.5 Å². The average Bonchev–Trinajstić information content (AvgIpc) is 2.01. The monoisotopic (exact) mass is 166 g/mol. The Morgan fingerprint density at radius 1 is 1.33 bits per heavy atom. The van der Waals surface area contributed by atoms with Gasteiger partial charge in [-0.15, -0.1) is 0 Å². The van der Waals surface area contributed by atoms with Crippen LogP contribution < -0.4 is 5.90 Å². The van der Waals surface area contributed by atoms with Gasteiger partial charge in [0.15, 0.2) is 0 Å². The maximum Gasteiger partial charge on any atom is 0.0947 e. The van der Waals surface area contributed by atoms with E-state index in [0.29, 0.717) is 6.61 Å². The van der Waals surface area contributed by atoms with Gasteiger partial charge in [0.1, 0.15) is 0 Å². The minimum Gasteiger partial charge on any atom is -0.300 e. The molecule has 0 aliphatic heterocycles. The van der Waals surface area contributed by atoms with Crippen LogP contribution in [0.15, 0.2) is 6.07 Å². The topological polar surface area (TPSA) is 48.1 Å². The van der Waals surface area contributed by atoms with Gasteiger partial charge in [-0.2, -0.15) is 0 Å². The lowest BCUT2D eigenvalue weighted by Gasteiger charge is -2.06. The minimum atomic E-state index is 0.431. The van der Waals surface area contributed by atoms with Gasteiger partial charge in [-0.3, -0.25) is 9.82 Å². The molecule has 1 rings (SSSR count). The van der Waals surface area contributed by atoms with Crippen molar-refractivity contribution in [3.8, 4) is 0 Å². The van der Waals surface area contributed by atoms with Gasteiger partial charge in [0.05, 0.1) is 6.61 Å². The maximum atomic E-state index is 4.99. The number of nitrogens with zero attached hydrogens (tertiary/aromatic N) is 1. The highest BCUT2D eigenvalue weighted by atomic mass is 16.6. The third-order valence-electron chi connectivity index (χ3n) is 2.00. The molecule has 1 heterocycles. The molecule has 0 aromatic carbocycles. The van der Waals surface area contributed by atoms with Crippen molar-refractivity contribution in [3.05, 3.63) is 28.6 Å². The highest BCUT2D eigenvalue weighted by Gasteiger charge is 2.02. The Morgan fingerprint density at radius 2 is 2.00 bits per heavy atom. The molecule has 0 unspecified atom stereocenters. The van der Waals surface area contributed by atoms with Gasteiger partial charge in [0.2, 0.25) is 0 Å². The van der Waals surface area contributed by atoms with Gasteiger partial charge in [0.25, 0.3) is 0 Å². The summed E-state index contributed by atoms with van der Waals surface area (Å²) in [6, 6.07) is 2.06. The van der Waals surface area contributed by atoms with Crippen molar-refractivity contribution in [3.63, 3.8) is 0 Å². The zero-order valence-electron chi connectivity index (χ0n) is 7.72. The van der Waals surface area contributed by atoms with Gasteiger partial charge < -0.3 is 0 Å². The first-order valence-corrected chi connectivity index (χ1v) is 3.90. The summed E-state index contributed by atoms with van der Waals surface area (Å²) in [5.74, 6) is 4.99. The lowest BCUT2D eigenvalue weighted by molar-refractivity contribution is 0.123. The van der Waals surface area contributed by atoms with E-state index < -0.39 is 0 Å². The van der Waals surface area contributed by atoms with E-state index in [-0.39, 0.29) is 0 Å². The van der Waals surface area contributed by atoms with Crippen LogP contribution >= 0.6 is 0 Å². The molecule has 66 valence electrons. The van der Waals surface area contributed by atoms with E-state index in [1.807, 2.05) is 20.8 Å². The number of pyridine rings is 1. The van der Waals surface area contributed by atoms with Crippen molar-refractivity contribution >= 4 is 0 Å². The molecule has 3 heteroatoms. The summed E-state index contributed by atoms with van der Waals surface area (Å²) >= 11 is 0. The second-order valence-electron chi connectivity index (χ2n) is 2.95. The van der Waals surface area contributed by atoms with Crippen molar-refractivity contribution in [1.82, 2.24) is 4.98 Å². The summed E-state index contributed by atoms with van der Waals surface area (Å²) in [7, 11) is 0. The summed E-state index contributed by atoms with van der Waals surface area (Å²) in [4.78, 5) is 8.92. The molecule has 0 atom stereocenters. The molecule has 0 spiro atoms. The minimum absolute atomic E-state index is 0.431. The maximum absolute atomic E-state index is 4.99. The molecule has 12 heavy (non-hydrogen) atoms. The first-order valence-electron chi connectivity index (χ1n) is 3.90. The zero-order chi connectivity index (χ0) is 9.14. The van der Waals surface area contributed by atoms with Crippen LogP contribution in [0.5, 0.6) is 0 Å². The fraction of sp³-hybridized carbons (Fsp3) is 0.444. The van der Waals surface area contributed by atoms with Gasteiger partial charge in [-0.25, -0.2) is 5.90 Å². The summed E-state index contributed by atoms with van der Waals surface area (Å²) < 4.78 is 0. The fourth-order valence-electron chi connectivity index (χ4n) is 1.12. The van der Waals surface area contributed by atoms with E-state index in [9.17, 15) is 0 Å². The van der Waals surface area contributed by atoms with Gasteiger partial charge in [-0.05, 0) is 26.3 Å². The first kappa shape index (κ1) is 9.16. The SMILES string of the molecule is Cc1cc(CON)c(C)nc1C.